The first-order valence-corrected chi connectivity index (χ1v) is 4.55. The number of nitrogens with two attached hydrogens (primary N) is 1. The summed E-state index contributed by atoms with van der Waals surface area (Å²) in [6, 6.07) is 0. The van der Waals surface area contributed by atoms with Crippen LogP contribution in [0.5, 0.6) is 0 Å². The molecule has 0 radical (unpaired) electrons. The van der Waals surface area contributed by atoms with Crippen LogP contribution >= 0.6 is 0 Å². The summed E-state index contributed by atoms with van der Waals surface area (Å²) in [5.41, 5.74) is 6.27. The lowest BCUT2D eigenvalue weighted by atomic mass is 9.80. The molecule has 0 bridgehead atoms. The van der Waals surface area contributed by atoms with Crippen LogP contribution < -0.4 is 5.73 Å². The van der Waals surface area contributed by atoms with Crippen LogP contribution in [-0.4, -0.2) is 19.3 Å². The highest BCUT2D eigenvalue weighted by Crippen LogP contribution is 2.28. The molecule has 0 aliphatic heterocycles. The van der Waals surface area contributed by atoms with Crippen LogP contribution in [0.1, 0.15) is 38.5 Å². The first-order valence-electron chi connectivity index (χ1n) is 4.55. The van der Waals surface area contributed by atoms with Gasteiger partial charge < -0.3 is 10.5 Å². The van der Waals surface area contributed by atoms with Gasteiger partial charge in [-0.15, -0.1) is 0 Å². The van der Waals surface area contributed by atoms with Crippen molar-refractivity contribution in [2.45, 2.75) is 44.1 Å². The highest BCUT2D eigenvalue weighted by atomic mass is 16.5. The Hall–Kier alpha value is -0.0800. The van der Waals surface area contributed by atoms with Crippen LogP contribution in [0.25, 0.3) is 0 Å². The zero-order valence-corrected chi connectivity index (χ0v) is 7.44. The van der Waals surface area contributed by atoms with Crippen molar-refractivity contribution < 1.29 is 4.74 Å². The van der Waals surface area contributed by atoms with Gasteiger partial charge >= 0.3 is 0 Å². The Morgan fingerprint density at radius 2 is 1.91 bits per heavy atom. The maximum atomic E-state index is 6.17. The lowest BCUT2D eigenvalue weighted by Gasteiger charge is -2.33. The molecule has 0 atom stereocenters. The smallest absolute Gasteiger partial charge is 0.0479 e. The topological polar surface area (TPSA) is 35.2 Å². The minimum Gasteiger partial charge on any atom is -0.385 e. The molecular formula is C9H19NO. The van der Waals surface area contributed by atoms with E-state index in [0.717, 1.165) is 13.0 Å². The van der Waals surface area contributed by atoms with E-state index in [1.165, 1.54) is 32.1 Å². The van der Waals surface area contributed by atoms with Gasteiger partial charge in [-0.1, -0.05) is 19.3 Å². The van der Waals surface area contributed by atoms with Crippen molar-refractivity contribution in [3.8, 4) is 0 Å². The highest BCUT2D eigenvalue weighted by Gasteiger charge is 2.26. The van der Waals surface area contributed by atoms with E-state index >= 15 is 0 Å². The Morgan fingerprint density at radius 3 is 2.45 bits per heavy atom. The number of rotatable bonds is 3. The zero-order chi connectivity index (χ0) is 8.16. The minimum absolute atomic E-state index is 0.105. The van der Waals surface area contributed by atoms with Gasteiger partial charge in [0, 0.05) is 19.3 Å². The van der Waals surface area contributed by atoms with Gasteiger partial charge in [-0.05, 0) is 19.3 Å². The molecule has 0 amide bonds. The Bertz CT molecular complexity index is 108. The second kappa shape index (κ2) is 4.07. The van der Waals surface area contributed by atoms with E-state index in [1.807, 2.05) is 0 Å². The van der Waals surface area contributed by atoms with Gasteiger partial charge in [0.05, 0.1) is 0 Å². The third-order valence-electron chi connectivity index (χ3n) is 2.65. The maximum absolute atomic E-state index is 6.17. The molecular weight excluding hydrogens is 138 g/mol. The summed E-state index contributed by atoms with van der Waals surface area (Å²) in [4.78, 5) is 0. The van der Waals surface area contributed by atoms with Gasteiger partial charge in [0.25, 0.3) is 0 Å². The van der Waals surface area contributed by atoms with Gasteiger partial charge in [0.15, 0.2) is 0 Å². The molecule has 0 heterocycles. The van der Waals surface area contributed by atoms with E-state index in [9.17, 15) is 0 Å². The zero-order valence-electron chi connectivity index (χ0n) is 7.44. The highest BCUT2D eigenvalue weighted by molar-refractivity contribution is 4.86. The number of hydrogen-bond acceptors (Lipinski definition) is 2. The molecule has 0 saturated heterocycles. The van der Waals surface area contributed by atoms with Crippen LogP contribution in [0.2, 0.25) is 0 Å². The average molecular weight is 157 g/mol. The standard InChI is InChI=1S/C9H19NO/c1-11-8-7-9(10)5-3-2-4-6-9/h2-8,10H2,1H3. The summed E-state index contributed by atoms with van der Waals surface area (Å²) in [5, 5.41) is 0. The predicted octanol–water partition coefficient (Wildman–Crippen LogP) is 1.68. The first-order chi connectivity index (χ1) is 5.27. The molecule has 1 aliphatic carbocycles. The molecule has 0 aromatic heterocycles. The van der Waals surface area contributed by atoms with Crippen LogP contribution in [0, 0.1) is 0 Å². The van der Waals surface area contributed by atoms with E-state index in [-0.39, 0.29) is 5.54 Å². The van der Waals surface area contributed by atoms with Gasteiger partial charge in [0.2, 0.25) is 0 Å². The summed E-state index contributed by atoms with van der Waals surface area (Å²) in [6.45, 7) is 0.816. The van der Waals surface area contributed by atoms with Crippen LogP contribution in [0.15, 0.2) is 0 Å². The quantitative estimate of drug-likeness (QED) is 0.676. The fourth-order valence-corrected chi connectivity index (χ4v) is 1.81. The lowest BCUT2D eigenvalue weighted by molar-refractivity contribution is 0.151. The fraction of sp³-hybridized carbons (Fsp3) is 1.00. The second-order valence-electron chi connectivity index (χ2n) is 3.67. The molecule has 0 unspecified atom stereocenters. The van der Waals surface area contributed by atoms with Crippen molar-refractivity contribution in [3.63, 3.8) is 0 Å². The van der Waals surface area contributed by atoms with Crippen molar-refractivity contribution in [1.82, 2.24) is 0 Å². The largest absolute Gasteiger partial charge is 0.385 e. The van der Waals surface area contributed by atoms with Crippen LogP contribution in [0.4, 0.5) is 0 Å². The molecule has 1 rings (SSSR count). The minimum atomic E-state index is 0.105. The van der Waals surface area contributed by atoms with Crippen molar-refractivity contribution >= 4 is 0 Å². The van der Waals surface area contributed by atoms with E-state index in [0.29, 0.717) is 0 Å². The summed E-state index contributed by atoms with van der Waals surface area (Å²) < 4.78 is 5.03. The Balaban J connectivity index is 2.25. The molecule has 0 spiro atoms. The molecule has 1 aliphatic rings. The Labute approximate surface area is 69.1 Å². The van der Waals surface area contributed by atoms with Gasteiger partial charge in [-0.25, -0.2) is 0 Å². The molecule has 66 valence electrons. The summed E-state index contributed by atoms with van der Waals surface area (Å²) in [5.74, 6) is 0. The van der Waals surface area contributed by atoms with Crippen LogP contribution in [-0.2, 0) is 4.74 Å². The fourth-order valence-electron chi connectivity index (χ4n) is 1.81. The normalized spacial score (nSPS) is 23.5. The molecule has 11 heavy (non-hydrogen) atoms. The molecule has 1 fully saturated rings. The molecule has 0 aromatic carbocycles. The van der Waals surface area contributed by atoms with E-state index in [2.05, 4.69) is 0 Å². The molecule has 1 saturated carbocycles. The van der Waals surface area contributed by atoms with Crippen molar-refractivity contribution in [2.24, 2.45) is 5.73 Å². The molecule has 2 heteroatoms. The van der Waals surface area contributed by atoms with E-state index in [1.54, 1.807) is 7.11 Å². The third-order valence-corrected chi connectivity index (χ3v) is 2.65. The molecule has 0 aromatic rings. The van der Waals surface area contributed by atoms with E-state index in [4.69, 9.17) is 10.5 Å². The molecule has 2 nitrogen and oxygen atoms in total. The van der Waals surface area contributed by atoms with Gasteiger partial charge in [-0.3, -0.25) is 0 Å². The average Bonchev–Trinajstić information content (AvgIpc) is 2.03. The Morgan fingerprint density at radius 1 is 1.27 bits per heavy atom. The summed E-state index contributed by atoms with van der Waals surface area (Å²) in [7, 11) is 1.74. The summed E-state index contributed by atoms with van der Waals surface area (Å²) in [6.07, 6.45) is 7.39. The number of methoxy groups -OCH3 is 1. The van der Waals surface area contributed by atoms with Gasteiger partial charge in [-0.2, -0.15) is 0 Å². The second-order valence-corrected chi connectivity index (χ2v) is 3.67. The van der Waals surface area contributed by atoms with Gasteiger partial charge in [0.1, 0.15) is 0 Å². The number of ether oxygens (including phenoxy) is 1. The molecule has 2 N–H and O–H groups in total. The third kappa shape index (κ3) is 2.80. The predicted molar refractivity (Wildman–Crippen MR) is 46.5 cm³/mol. The number of hydrogen-bond donors (Lipinski definition) is 1. The lowest BCUT2D eigenvalue weighted by Crippen LogP contribution is -2.42. The first kappa shape index (κ1) is 9.01. The maximum Gasteiger partial charge on any atom is 0.0479 e. The van der Waals surface area contributed by atoms with E-state index < -0.39 is 0 Å². The van der Waals surface area contributed by atoms with Crippen molar-refractivity contribution in [3.05, 3.63) is 0 Å². The SMILES string of the molecule is COCCC1(N)CCCCC1. The van der Waals surface area contributed by atoms with Crippen LogP contribution in [0.3, 0.4) is 0 Å². The summed E-state index contributed by atoms with van der Waals surface area (Å²) >= 11 is 0. The Kier molecular flexibility index (Phi) is 3.34. The van der Waals surface area contributed by atoms with Crippen molar-refractivity contribution in [1.29, 1.82) is 0 Å². The van der Waals surface area contributed by atoms with Crippen molar-refractivity contribution in [2.75, 3.05) is 13.7 Å². The monoisotopic (exact) mass is 157 g/mol.